The van der Waals surface area contributed by atoms with Crippen molar-refractivity contribution in [3.8, 4) is 0 Å². The molecule has 0 amide bonds. The van der Waals surface area contributed by atoms with Gasteiger partial charge in [0.05, 0.1) is 0 Å². The summed E-state index contributed by atoms with van der Waals surface area (Å²) in [5.41, 5.74) is 0. The molecule has 0 bridgehead atoms. The van der Waals surface area contributed by atoms with Crippen molar-refractivity contribution in [1.82, 2.24) is 0 Å². The van der Waals surface area contributed by atoms with Crippen molar-refractivity contribution >= 4 is 17.9 Å². The van der Waals surface area contributed by atoms with Gasteiger partial charge in [0.25, 0.3) is 0 Å². The maximum absolute atomic E-state index is 12.9. The molecule has 0 saturated heterocycles. The van der Waals surface area contributed by atoms with E-state index in [4.69, 9.17) is 14.2 Å². The summed E-state index contributed by atoms with van der Waals surface area (Å²) in [6, 6.07) is 0. The first-order valence-corrected chi connectivity index (χ1v) is 33.9. The average Bonchev–Trinajstić information content (AvgIpc) is 3.44. The SMILES string of the molecule is CC/C=C\C/C=C\C/C=C\C/C=C\CCCCCCCCCCC(=O)OC(COC(=O)CCCCCCC/C=C\C/C=C\CCCCCC)COC(=O)CCCCCCCCCCCCCCCCCCCCCCCCC. The molecule has 1 unspecified atom stereocenters. The van der Waals surface area contributed by atoms with Gasteiger partial charge in [0.1, 0.15) is 13.2 Å². The summed E-state index contributed by atoms with van der Waals surface area (Å²) >= 11 is 0. The molecule has 0 aromatic rings. The lowest BCUT2D eigenvalue weighted by molar-refractivity contribution is -0.167. The van der Waals surface area contributed by atoms with E-state index >= 15 is 0 Å². The van der Waals surface area contributed by atoms with Gasteiger partial charge in [-0.25, -0.2) is 0 Å². The molecule has 0 fully saturated rings. The topological polar surface area (TPSA) is 78.9 Å². The van der Waals surface area contributed by atoms with Gasteiger partial charge in [-0.05, 0) is 89.9 Å². The van der Waals surface area contributed by atoms with E-state index < -0.39 is 6.10 Å². The summed E-state index contributed by atoms with van der Waals surface area (Å²) in [7, 11) is 0. The molecule has 0 aromatic carbocycles. The van der Waals surface area contributed by atoms with Crippen LogP contribution in [0.3, 0.4) is 0 Å². The Morgan fingerprint density at radius 1 is 0.269 bits per heavy atom. The van der Waals surface area contributed by atoms with Crippen LogP contribution in [0.1, 0.15) is 348 Å². The summed E-state index contributed by atoms with van der Waals surface area (Å²) in [5, 5.41) is 0. The monoisotopic (exact) mass is 1090 g/mol. The number of allylic oxidation sites excluding steroid dienone is 12. The summed E-state index contributed by atoms with van der Waals surface area (Å²) in [4.78, 5) is 38.4. The van der Waals surface area contributed by atoms with Crippen molar-refractivity contribution in [3.05, 3.63) is 72.9 Å². The van der Waals surface area contributed by atoms with Gasteiger partial charge in [-0.15, -0.1) is 0 Å². The predicted molar refractivity (Wildman–Crippen MR) is 339 cm³/mol. The van der Waals surface area contributed by atoms with Crippen molar-refractivity contribution in [2.45, 2.75) is 354 Å². The number of ether oxygens (including phenoxy) is 3. The van der Waals surface area contributed by atoms with Crippen LogP contribution in [-0.2, 0) is 28.6 Å². The number of unbranched alkanes of at least 4 members (excludes halogenated alkanes) is 39. The Hall–Kier alpha value is -3.15. The minimum atomic E-state index is -0.786. The van der Waals surface area contributed by atoms with Gasteiger partial charge >= 0.3 is 17.9 Å². The Labute approximate surface area is 484 Å². The molecule has 78 heavy (non-hydrogen) atoms. The Morgan fingerprint density at radius 2 is 0.500 bits per heavy atom. The highest BCUT2D eigenvalue weighted by atomic mass is 16.6. The van der Waals surface area contributed by atoms with Crippen molar-refractivity contribution < 1.29 is 28.6 Å². The summed E-state index contributed by atoms with van der Waals surface area (Å²) in [6.07, 6.45) is 86.3. The van der Waals surface area contributed by atoms with Crippen molar-refractivity contribution in [3.63, 3.8) is 0 Å². The van der Waals surface area contributed by atoms with Gasteiger partial charge in [-0.3, -0.25) is 14.4 Å². The van der Waals surface area contributed by atoms with Crippen LogP contribution in [0.2, 0.25) is 0 Å². The quantitative estimate of drug-likeness (QED) is 0.0261. The minimum Gasteiger partial charge on any atom is -0.462 e. The van der Waals surface area contributed by atoms with Crippen molar-refractivity contribution in [2.75, 3.05) is 13.2 Å². The van der Waals surface area contributed by atoms with Gasteiger partial charge in [0, 0.05) is 19.3 Å². The number of rotatable bonds is 62. The van der Waals surface area contributed by atoms with E-state index in [1.165, 1.54) is 199 Å². The zero-order chi connectivity index (χ0) is 56.4. The largest absolute Gasteiger partial charge is 0.462 e. The van der Waals surface area contributed by atoms with Crippen LogP contribution in [0.4, 0.5) is 0 Å². The van der Waals surface area contributed by atoms with E-state index in [9.17, 15) is 14.4 Å². The normalized spacial score (nSPS) is 12.5. The molecule has 0 N–H and O–H groups in total. The Balaban J connectivity index is 4.35. The lowest BCUT2D eigenvalue weighted by Crippen LogP contribution is -2.30. The third kappa shape index (κ3) is 63.7. The molecule has 452 valence electrons. The molecule has 0 heterocycles. The fourth-order valence-corrected chi connectivity index (χ4v) is 9.88. The van der Waals surface area contributed by atoms with Gasteiger partial charge in [-0.1, -0.05) is 312 Å². The van der Waals surface area contributed by atoms with Gasteiger partial charge in [0.15, 0.2) is 6.10 Å². The molecular formula is C72H128O6. The fraction of sp³-hybridized carbons (Fsp3) is 0.792. The lowest BCUT2D eigenvalue weighted by atomic mass is 10.0. The van der Waals surface area contributed by atoms with Crippen molar-refractivity contribution in [1.29, 1.82) is 0 Å². The Kier molecular flexibility index (Phi) is 63.7. The molecule has 0 spiro atoms. The highest BCUT2D eigenvalue weighted by molar-refractivity contribution is 5.71. The van der Waals surface area contributed by atoms with Gasteiger partial charge in [-0.2, -0.15) is 0 Å². The van der Waals surface area contributed by atoms with Crippen LogP contribution in [0.5, 0.6) is 0 Å². The first-order valence-electron chi connectivity index (χ1n) is 33.9. The van der Waals surface area contributed by atoms with E-state index in [0.717, 1.165) is 109 Å². The molecule has 0 rings (SSSR count). The molecule has 6 nitrogen and oxygen atoms in total. The van der Waals surface area contributed by atoms with Crippen LogP contribution in [0.25, 0.3) is 0 Å². The summed E-state index contributed by atoms with van der Waals surface area (Å²) < 4.78 is 17.0. The number of carbonyl (C=O) groups excluding carboxylic acids is 3. The van der Waals surface area contributed by atoms with E-state index in [0.29, 0.717) is 19.3 Å². The van der Waals surface area contributed by atoms with Crippen LogP contribution in [-0.4, -0.2) is 37.2 Å². The Morgan fingerprint density at radius 3 is 0.795 bits per heavy atom. The van der Waals surface area contributed by atoms with E-state index in [1.54, 1.807) is 0 Å². The average molecular weight is 1090 g/mol. The van der Waals surface area contributed by atoms with Crippen LogP contribution in [0.15, 0.2) is 72.9 Å². The fourth-order valence-electron chi connectivity index (χ4n) is 9.88. The van der Waals surface area contributed by atoms with Crippen molar-refractivity contribution in [2.24, 2.45) is 0 Å². The number of esters is 3. The zero-order valence-corrected chi connectivity index (χ0v) is 51.9. The molecule has 0 radical (unpaired) electrons. The second kappa shape index (κ2) is 66.4. The molecular weight excluding hydrogens is 961 g/mol. The molecule has 0 aliphatic rings. The highest BCUT2D eigenvalue weighted by Gasteiger charge is 2.19. The van der Waals surface area contributed by atoms with Crippen LogP contribution < -0.4 is 0 Å². The number of carbonyl (C=O) groups is 3. The maximum atomic E-state index is 12.9. The first-order chi connectivity index (χ1) is 38.5. The molecule has 6 heteroatoms. The third-order valence-electron chi connectivity index (χ3n) is 14.9. The van der Waals surface area contributed by atoms with Crippen LogP contribution in [0, 0.1) is 0 Å². The third-order valence-corrected chi connectivity index (χ3v) is 14.9. The number of hydrogen-bond acceptors (Lipinski definition) is 6. The minimum absolute atomic E-state index is 0.0801. The van der Waals surface area contributed by atoms with Gasteiger partial charge < -0.3 is 14.2 Å². The highest BCUT2D eigenvalue weighted by Crippen LogP contribution is 2.18. The van der Waals surface area contributed by atoms with E-state index in [-0.39, 0.29) is 31.1 Å². The summed E-state index contributed by atoms with van der Waals surface area (Å²) in [6.45, 7) is 6.55. The first kappa shape index (κ1) is 74.8. The maximum Gasteiger partial charge on any atom is 0.306 e. The lowest BCUT2D eigenvalue weighted by Gasteiger charge is -2.18. The molecule has 0 saturated carbocycles. The van der Waals surface area contributed by atoms with E-state index in [1.807, 2.05) is 0 Å². The second-order valence-electron chi connectivity index (χ2n) is 22.7. The standard InChI is InChI=1S/C72H128O6/c1-4-7-10-13-16-19-22-25-28-31-33-35-36-38-39-41-44-47-50-53-56-59-62-65-71(74)77-68-69(67-76-70(73)64-61-58-55-52-49-46-43-30-27-24-21-18-15-12-9-6-3)78-72(75)66-63-60-57-54-51-48-45-42-40-37-34-32-29-26-23-20-17-14-11-8-5-2/h8,11,17,20-21,24,26,29-30,34,37,43,69H,4-7,9-10,12-16,18-19,22-23,25,27-28,31-33,35-36,38-42,44-68H2,1-3H3/b11-8-,20-17-,24-21-,29-26-,37-34-,43-30-. The zero-order valence-electron chi connectivity index (χ0n) is 51.9. The summed E-state index contributed by atoms with van der Waals surface area (Å²) in [5.74, 6) is -0.883. The second-order valence-corrected chi connectivity index (χ2v) is 22.7. The molecule has 0 aliphatic carbocycles. The predicted octanol–water partition coefficient (Wildman–Crippen LogP) is 23.3. The molecule has 0 aromatic heterocycles. The van der Waals surface area contributed by atoms with Crippen LogP contribution >= 0.6 is 0 Å². The van der Waals surface area contributed by atoms with E-state index in [2.05, 4.69) is 93.7 Å². The number of hydrogen-bond donors (Lipinski definition) is 0. The molecule has 1 atom stereocenters. The van der Waals surface area contributed by atoms with Gasteiger partial charge in [0.2, 0.25) is 0 Å². The smallest absolute Gasteiger partial charge is 0.306 e. The molecule has 0 aliphatic heterocycles. The Bertz CT molecular complexity index is 1440.